The molecule has 120 valence electrons. The predicted octanol–water partition coefficient (Wildman–Crippen LogP) is 2.48. The maximum absolute atomic E-state index is 11.7. The van der Waals surface area contributed by atoms with E-state index in [9.17, 15) is 9.90 Å². The quantitative estimate of drug-likeness (QED) is 0.600. The Kier molecular flexibility index (Phi) is 6.40. The van der Waals surface area contributed by atoms with Crippen LogP contribution in [0.15, 0.2) is 29.4 Å². The first-order chi connectivity index (χ1) is 10.7. The first-order valence-corrected chi connectivity index (χ1v) is 7.83. The van der Waals surface area contributed by atoms with Crippen molar-refractivity contribution in [1.82, 2.24) is 5.43 Å². The minimum absolute atomic E-state index is 0.165. The topological polar surface area (TPSA) is 70.9 Å². The molecule has 1 fully saturated rings. The van der Waals surface area contributed by atoms with E-state index < -0.39 is 0 Å². The third kappa shape index (κ3) is 5.15. The second kappa shape index (κ2) is 8.54. The minimum Gasteiger partial charge on any atom is -0.497 e. The van der Waals surface area contributed by atoms with E-state index in [1.54, 1.807) is 13.3 Å². The van der Waals surface area contributed by atoms with Crippen molar-refractivity contribution < 1.29 is 14.6 Å². The van der Waals surface area contributed by atoms with E-state index in [0.29, 0.717) is 18.8 Å². The Balaban J connectivity index is 1.68. The molecule has 1 unspecified atom stereocenters. The number of aliphatic hydroxyl groups is 1. The van der Waals surface area contributed by atoms with Gasteiger partial charge in [-0.25, -0.2) is 5.43 Å². The van der Waals surface area contributed by atoms with Crippen LogP contribution in [0, 0.1) is 5.92 Å². The van der Waals surface area contributed by atoms with Gasteiger partial charge in [-0.15, -0.1) is 0 Å². The lowest BCUT2D eigenvalue weighted by Gasteiger charge is -2.16. The van der Waals surface area contributed by atoms with Crippen molar-refractivity contribution in [2.45, 2.75) is 44.6 Å². The normalized spacial score (nSPS) is 16.8. The molecule has 0 heterocycles. The van der Waals surface area contributed by atoms with Crippen molar-refractivity contribution in [2.24, 2.45) is 11.0 Å². The monoisotopic (exact) mass is 304 g/mol. The molecule has 5 heteroatoms. The number of nitrogens with one attached hydrogen (secondary N) is 1. The van der Waals surface area contributed by atoms with Crippen LogP contribution in [0.3, 0.4) is 0 Å². The number of nitrogens with zero attached hydrogens (tertiary/aromatic N) is 1. The third-order valence-electron chi connectivity index (χ3n) is 4.13. The van der Waals surface area contributed by atoms with Gasteiger partial charge < -0.3 is 9.84 Å². The zero-order chi connectivity index (χ0) is 15.8. The van der Waals surface area contributed by atoms with E-state index >= 15 is 0 Å². The van der Waals surface area contributed by atoms with Crippen molar-refractivity contribution >= 4 is 12.1 Å². The van der Waals surface area contributed by atoms with Crippen LogP contribution >= 0.6 is 0 Å². The molecular formula is C17H24N2O3. The molecular weight excluding hydrogens is 280 g/mol. The van der Waals surface area contributed by atoms with Crippen LogP contribution in [0.1, 0.15) is 44.1 Å². The average Bonchev–Trinajstić information content (AvgIpc) is 3.08. The number of methoxy groups -OCH3 is 1. The van der Waals surface area contributed by atoms with E-state index in [0.717, 1.165) is 24.2 Å². The molecule has 0 radical (unpaired) electrons. The molecule has 1 aromatic rings. The first-order valence-electron chi connectivity index (χ1n) is 7.83. The largest absolute Gasteiger partial charge is 0.497 e. The van der Waals surface area contributed by atoms with Gasteiger partial charge >= 0.3 is 0 Å². The zero-order valence-corrected chi connectivity index (χ0v) is 13.0. The van der Waals surface area contributed by atoms with Gasteiger partial charge in [-0.3, -0.25) is 4.79 Å². The van der Waals surface area contributed by atoms with E-state index in [-0.39, 0.29) is 12.0 Å². The fourth-order valence-corrected chi connectivity index (χ4v) is 2.78. The molecule has 0 spiro atoms. The molecule has 0 bridgehead atoms. The number of amides is 1. The van der Waals surface area contributed by atoms with Crippen LogP contribution in [0.5, 0.6) is 5.75 Å². The number of hydrogen-bond donors (Lipinski definition) is 2. The fraction of sp³-hybridized carbons (Fsp3) is 0.529. The molecule has 0 aromatic heterocycles. The summed E-state index contributed by atoms with van der Waals surface area (Å²) < 4.78 is 5.07. The van der Waals surface area contributed by atoms with Gasteiger partial charge in [-0.2, -0.15) is 5.10 Å². The number of rotatable bonds is 7. The molecule has 2 N–H and O–H groups in total. The van der Waals surface area contributed by atoms with Crippen molar-refractivity contribution in [3.63, 3.8) is 0 Å². The average molecular weight is 304 g/mol. The molecule has 22 heavy (non-hydrogen) atoms. The summed E-state index contributed by atoms with van der Waals surface area (Å²) in [5.41, 5.74) is 3.38. The van der Waals surface area contributed by atoms with Crippen LogP contribution in [0.2, 0.25) is 0 Å². The number of hydrazone groups is 1. The highest BCUT2D eigenvalue weighted by molar-refractivity contribution is 5.82. The molecule has 1 aliphatic carbocycles. The summed E-state index contributed by atoms with van der Waals surface area (Å²) in [6.45, 7) is 0. The zero-order valence-electron chi connectivity index (χ0n) is 13.0. The SMILES string of the molecule is COc1ccc(/C=N/NC(=O)CCC(O)C2CCCC2)cc1. The lowest BCUT2D eigenvalue weighted by atomic mass is 9.97. The van der Waals surface area contributed by atoms with E-state index in [1.165, 1.54) is 12.8 Å². The van der Waals surface area contributed by atoms with E-state index in [1.807, 2.05) is 24.3 Å². The second-order valence-corrected chi connectivity index (χ2v) is 5.72. The van der Waals surface area contributed by atoms with Crippen LogP contribution in [0.25, 0.3) is 0 Å². The lowest BCUT2D eigenvalue weighted by Crippen LogP contribution is -2.23. The first kappa shape index (κ1) is 16.5. The van der Waals surface area contributed by atoms with Crippen molar-refractivity contribution in [3.8, 4) is 5.75 Å². The molecule has 1 aromatic carbocycles. The summed E-state index contributed by atoms with van der Waals surface area (Å²) in [7, 11) is 1.61. The van der Waals surface area contributed by atoms with Crippen molar-refractivity contribution in [1.29, 1.82) is 0 Å². The van der Waals surface area contributed by atoms with Crippen LogP contribution in [0.4, 0.5) is 0 Å². The third-order valence-corrected chi connectivity index (χ3v) is 4.13. The van der Waals surface area contributed by atoms with Crippen molar-refractivity contribution in [2.75, 3.05) is 7.11 Å². The number of ether oxygens (including phenoxy) is 1. The Morgan fingerprint density at radius 1 is 1.41 bits per heavy atom. The highest BCUT2D eigenvalue weighted by Gasteiger charge is 2.23. The van der Waals surface area contributed by atoms with Gasteiger partial charge in [0.05, 0.1) is 19.4 Å². The summed E-state index contributed by atoms with van der Waals surface area (Å²) >= 11 is 0. The Hall–Kier alpha value is -1.88. The molecule has 0 saturated heterocycles. The van der Waals surface area contributed by atoms with Gasteiger partial charge in [-0.05, 0) is 55.0 Å². The maximum atomic E-state index is 11.7. The highest BCUT2D eigenvalue weighted by atomic mass is 16.5. The molecule has 2 rings (SSSR count). The predicted molar refractivity (Wildman–Crippen MR) is 85.9 cm³/mol. The maximum Gasteiger partial charge on any atom is 0.240 e. The van der Waals surface area contributed by atoms with E-state index in [2.05, 4.69) is 10.5 Å². The van der Waals surface area contributed by atoms with Gasteiger partial charge in [0, 0.05) is 6.42 Å². The Morgan fingerprint density at radius 2 is 2.09 bits per heavy atom. The number of benzene rings is 1. The second-order valence-electron chi connectivity index (χ2n) is 5.72. The van der Waals surface area contributed by atoms with Crippen molar-refractivity contribution in [3.05, 3.63) is 29.8 Å². The summed E-state index contributed by atoms with van der Waals surface area (Å²) in [4.78, 5) is 11.7. The lowest BCUT2D eigenvalue weighted by molar-refractivity contribution is -0.121. The number of carbonyl (C=O) groups is 1. The summed E-state index contributed by atoms with van der Waals surface area (Å²) in [6.07, 6.45) is 6.59. The summed E-state index contributed by atoms with van der Waals surface area (Å²) in [5.74, 6) is 0.986. The molecule has 1 aliphatic rings. The van der Waals surface area contributed by atoms with Gasteiger partial charge in [-0.1, -0.05) is 12.8 Å². The van der Waals surface area contributed by atoms with Gasteiger partial charge in [0.25, 0.3) is 0 Å². The molecule has 1 atom stereocenters. The fourth-order valence-electron chi connectivity index (χ4n) is 2.78. The smallest absolute Gasteiger partial charge is 0.240 e. The Morgan fingerprint density at radius 3 is 2.73 bits per heavy atom. The number of aliphatic hydroxyl groups excluding tert-OH is 1. The summed E-state index contributed by atoms with van der Waals surface area (Å²) in [6, 6.07) is 7.39. The van der Waals surface area contributed by atoms with Crippen LogP contribution < -0.4 is 10.2 Å². The van der Waals surface area contributed by atoms with Gasteiger partial charge in [0.1, 0.15) is 5.75 Å². The Labute approximate surface area is 131 Å². The minimum atomic E-state index is -0.362. The Bertz CT molecular complexity index is 493. The van der Waals surface area contributed by atoms with Crippen LogP contribution in [-0.2, 0) is 4.79 Å². The molecule has 0 aliphatic heterocycles. The molecule has 5 nitrogen and oxygen atoms in total. The highest BCUT2D eigenvalue weighted by Crippen LogP contribution is 2.29. The molecule has 1 saturated carbocycles. The number of carbonyl (C=O) groups excluding carboxylic acids is 1. The summed E-state index contributed by atoms with van der Waals surface area (Å²) in [5, 5.41) is 13.9. The molecule has 1 amide bonds. The van der Waals surface area contributed by atoms with Gasteiger partial charge in [0.2, 0.25) is 5.91 Å². The number of hydrogen-bond acceptors (Lipinski definition) is 4. The standard InChI is InChI=1S/C17H24N2O3/c1-22-15-8-6-13(7-9-15)12-18-19-17(21)11-10-16(20)14-4-2-3-5-14/h6-9,12,14,16,20H,2-5,10-11H2,1H3,(H,19,21)/b18-12+. The van der Waals surface area contributed by atoms with Gasteiger partial charge in [0.15, 0.2) is 0 Å². The van der Waals surface area contributed by atoms with Crippen LogP contribution in [-0.4, -0.2) is 30.4 Å². The van der Waals surface area contributed by atoms with E-state index in [4.69, 9.17) is 4.74 Å².